The summed E-state index contributed by atoms with van der Waals surface area (Å²) in [5.41, 5.74) is 21.5. The number of hydrogen-bond donors (Lipinski definition) is 0. The van der Waals surface area contributed by atoms with E-state index in [1.165, 1.54) is 167 Å². The zero-order chi connectivity index (χ0) is 42.0. The third-order valence-electron chi connectivity index (χ3n) is 14.3. The minimum absolute atomic E-state index is 0.0490. The summed E-state index contributed by atoms with van der Waals surface area (Å²) < 4.78 is 1.20. The van der Waals surface area contributed by atoms with Gasteiger partial charge in [0.2, 0.25) is 0 Å². The highest BCUT2D eigenvalue weighted by molar-refractivity contribution is 9.10. The van der Waals surface area contributed by atoms with Gasteiger partial charge >= 0.3 is 0 Å². The monoisotopic (exact) mass is 874 g/mol. The van der Waals surface area contributed by atoms with Gasteiger partial charge in [-0.05, 0) is 158 Å². The van der Waals surface area contributed by atoms with Gasteiger partial charge in [-0.25, -0.2) is 0 Å². The van der Waals surface area contributed by atoms with Gasteiger partial charge in [0.05, 0.1) is 0 Å². The summed E-state index contributed by atoms with van der Waals surface area (Å²) in [6, 6.07) is 42.4. The van der Waals surface area contributed by atoms with Crippen LogP contribution in [0.3, 0.4) is 0 Å². The maximum absolute atomic E-state index is 6.43. The Bertz CT molecular complexity index is 2470. The van der Waals surface area contributed by atoms with Crippen molar-refractivity contribution in [3.05, 3.63) is 152 Å². The Morgan fingerprint density at radius 3 is 1.38 bits per heavy atom. The molecule has 8 rings (SSSR count). The number of fused-ring (bicyclic) bond motifs is 6. The van der Waals surface area contributed by atoms with Crippen molar-refractivity contribution in [2.75, 3.05) is 0 Å². The highest BCUT2D eigenvalue weighted by atomic mass is 79.9. The second kappa shape index (κ2) is 18.2. The van der Waals surface area contributed by atoms with Crippen LogP contribution in [-0.2, 0) is 10.8 Å². The van der Waals surface area contributed by atoms with Gasteiger partial charge in [-0.3, -0.25) is 0 Å². The van der Waals surface area contributed by atoms with Crippen LogP contribution < -0.4 is 0 Å². The van der Waals surface area contributed by atoms with Crippen LogP contribution in [0.4, 0.5) is 0 Å². The summed E-state index contributed by atoms with van der Waals surface area (Å²) in [7, 11) is 0. The first-order chi connectivity index (χ1) is 29.1. The number of rotatable bonds is 17. The topological polar surface area (TPSA) is 0 Å². The summed E-state index contributed by atoms with van der Waals surface area (Å²) in [6.45, 7) is 13.7. The molecule has 0 nitrogen and oxygen atoms in total. The van der Waals surface area contributed by atoms with Gasteiger partial charge in [-0.2, -0.15) is 0 Å². The molecule has 0 atom stereocenters. The molecular formula is C58H64BrCl. The quantitative estimate of drug-likeness (QED) is 0.0801. The smallest absolute Gasteiger partial charge is 0.0438 e. The number of unbranched alkanes of at least 4 members (excludes halogenated alkanes) is 10. The fraction of sp³-hybridized carbons (Fsp3) is 0.379. The molecule has 2 heteroatoms. The van der Waals surface area contributed by atoms with Crippen molar-refractivity contribution in [1.29, 1.82) is 0 Å². The predicted molar refractivity (Wildman–Crippen MR) is 265 cm³/mol. The molecule has 60 heavy (non-hydrogen) atoms. The molecule has 310 valence electrons. The van der Waals surface area contributed by atoms with E-state index >= 15 is 0 Å². The molecular weight excluding hydrogens is 812 g/mol. The second-order valence-corrected chi connectivity index (χ2v) is 20.0. The summed E-state index contributed by atoms with van der Waals surface area (Å²) in [6.07, 6.45) is 18.4. The summed E-state index contributed by atoms with van der Waals surface area (Å²) in [4.78, 5) is 0. The maximum atomic E-state index is 6.43. The van der Waals surface area contributed by atoms with Gasteiger partial charge in [-0.15, -0.1) is 0 Å². The molecule has 0 saturated heterocycles. The fourth-order valence-electron chi connectivity index (χ4n) is 10.8. The Balaban J connectivity index is 1.11. The van der Waals surface area contributed by atoms with E-state index in [2.05, 4.69) is 167 Å². The Morgan fingerprint density at radius 2 is 0.833 bits per heavy atom. The van der Waals surface area contributed by atoms with Gasteiger partial charge < -0.3 is 0 Å². The van der Waals surface area contributed by atoms with Gasteiger partial charge in [0, 0.05) is 20.3 Å². The lowest BCUT2D eigenvalue weighted by molar-refractivity contribution is 0.398. The molecule has 0 unspecified atom stereocenters. The molecule has 2 aliphatic rings. The van der Waals surface area contributed by atoms with Crippen molar-refractivity contribution in [2.45, 2.75) is 142 Å². The first-order valence-corrected chi connectivity index (χ1v) is 24.3. The highest BCUT2D eigenvalue weighted by Crippen LogP contribution is 2.56. The van der Waals surface area contributed by atoms with Crippen LogP contribution in [0, 0.1) is 13.8 Å². The molecule has 0 amide bonds. The van der Waals surface area contributed by atoms with E-state index in [9.17, 15) is 0 Å². The van der Waals surface area contributed by atoms with Crippen LogP contribution in [0.15, 0.2) is 114 Å². The first-order valence-electron chi connectivity index (χ1n) is 23.2. The summed E-state index contributed by atoms with van der Waals surface area (Å²) in [5, 5.41) is 0.827. The number of hydrogen-bond acceptors (Lipinski definition) is 0. The van der Waals surface area contributed by atoms with E-state index in [1.54, 1.807) is 11.1 Å². The predicted octanol–water partition coefficient (Wildman–Crippen LogP) is 18.8. The zero-order valence-corrected chi connectivity index (χ0v) is 39.4. The van der Waals surface area contributed by atoms with Crippen molar-refractivity contribution in [1.82, 2.24) is 0 Å². The molecule has 6 aromatic carbocycles. The van der Waals surface area contributed by atoms with Crippen LogP contribution >= 0.6 is 27.5 Å². The van der Waals surface area contributed by atoms with Crippen LogP contribution in [0.2, 0.25) is 5.02 Å². The third-order valence-corrected chi connectivity index (χ3v) is 15.2. The van der Waals surface area contributed by atoms with E-state index < -0.39 is 0 Å². The molecule has 6 aromatic rings. The Hall–Kier alpha value is -3.91. The lowest BCUT2D eigenvalue weighted by atomic mass is 9.70. The van der Waals surface area contributed by atoms with Crippen LogP contribution in [0.25, 0.3) is 55.6 Å². The van der Waals surface area contributed by atoms with Gasteiger partial charge in [0.1, 0.15) is 0 Å². The Labute approximate surface area is 375 Å². The van der Waals surface area contributed by atoms with Gasteiger partial charge in [0.15, 0.2) is 0 Å². The Morgan fingerprint density at radius 1 is 0.417 bits per heavy atom. The van der Waals surface area contributed by atoms with E-state index in [4.69, 9.17) is 11.6 Å². The summed E-state index contributed by atoms with van der Waals surface area (Å²) in [5.74, 6) is 0. The minimum Gasteiger partial charge on any atom is -0.0840 e. The van der Waals surface area contributed by atoms with E-state index in [-0.39, 0.29) is 10.8 Å². The SMILES string of the molecule is CCCCCCCCC1(CCCCCCCC)c2cc(Br)ccc2-c2ccc(-c3ccc4c(c3)C(C)(C)c3cc(-c5ccc(-c6cc(C)c(Cl)cc6C)cc5)ccc3-4)cc21. The summed E-state index contributed by atoms with van der Waals surface area (Å²) >= 11 is 10.3. The van der Waals surface area contributed by atoms with Crippen LogP contribution in [0.1, 0.15) is 151 Å². The van der Waals surface area contributed by atoms with Crippen molar-refractivity contribution >= 4 is 27.5 Å². The third kappa shape index (κ3) is 8.23. The first kappa shape index (κ1) is 42.8. The molecule has 0 heterocycles. The lowest BCUT2D eigenvalue weighted by Crippen LogP contribution is -2.25. The molecule has 0 radical (unpaired) electrons. The van der Waals surface area contributed by atoms with Crippen molar-refractivity contribution in [3.8, 4) is 55.6 Å². The highest BCUT2D eigenvalue weighted by Gasteiger charge is 2.43. The molecule has 0 saturated carbocycles. The second-order valence-electron chi connectivity index (χ2n) is 18.7. The standard InChI is InChI=1S/C58H64BrCl/c1-7-9-11-13-15-17-31-58(32-18-16-14-12-10-8-2)54-37-45(25-29-49(54)50-30-26-46(59)38-55(50)58)44-24-28-48-47-27-23-43(35-52(47)57(5,6)53(48)36-44)41-19-21-42(22-20-41)51-33-40(4)56(60)34-39(51)3/h19-30,33-38H,7-18,31-32H2,1-6H3. The van der Waals surface area contributed by atoms with Crippen molar-refractivity contribution < 1.29 is 0 Å². The molecule has 0 aromatic heterocycles. The average Bonchev–Trinajstić information content (AvgIpc) is 3.64. The van der Waals surface area contributed by atoms with Crippen molar-refractivity contribution in [2.24, 2.45) is 0 Å². The zero-order valence-electron chi connectivity index (χ0n) is 37.0. The van der Waals surface area contributed by atoms with Gasteiger partial charge in [0.25, 0.3) is 0 Å². The van der Waals surface area contributed by atoms with Gasteiger partial charge in [-0.1, -0.05) is 199 Å². The normalized spacial score (nSPS) is 14.2. The maximum Gasteiger partial charge on any atom is 0.0438 e. The van der Waals surface area contributed by atoms with Crippen LogP contribution in [0.5, 0.6) is 0 Å². The molecule has 0 aliphatic heterocycles. The molecule has 0 spiro atoms. The number of aryl methyl sites for hydroxylation is 2. The largest absolute Gasteiger partial charge is 0.0840 e. The lowest BCUT2D eigenvalue weighted by Gasteiger charge is -2.33. The number of halogens is 2. The number of benzene rings is 6. The van der Waals surface area contributed by atoms with E-state index in [0.29, 0.717) is 0 Å². The fourth-order valence-corrected chi connectivity index (χ4v) is 11.3. The minimum atomic E-state index is -0.118. The van der Waals surface area contributed by atoms with E-state index in [1.807, 2.05) is 0 Å². The molecule has 0 N–H and O–H groups in total. The van der Waals surface area contributed by atoms with E-state index in [0.717, 1.165) is 10.6 Å². The molecule has 0 bridgehead atoms. The van der Waals surface area contributed by atoms with Crippen LogP contribution in [-0.4, -0.2) is 0 Å². The molecule has 2 aliphatic carbocycles. The average molecular weight is 877 g/mol. The Kier molecular flexibility index (Phi) is 13.0. The van der Waals surface area contributed by atoms with Crippen molar-refractivity contribution in [3.63, 3.8) is 0 Å². The molecule has 0 fully saturated rings.